The average Bonchev–Trinajstić information content (AvgIpc) is 1.61. The van der Waals surface area contributed by atoms with E-state index in [2.05, 4.69) is 95.7 Å². The molecule has 2 saturated heterocycles. The molecule has 22 amide bonds. The normalized spacial score (nSPS) is 16.0. The zero-order valence-electron chi connectivity index (χ0n) is 85.5. The third-order valence-electron chi connectivity index (χ3n) is 23.4. The SMILES string of the molecule is CC(=O)NC(C)(C)C(=O)N1CCC[C@H]1C(=O)NC(C)(C)C(=O)N[C@@H](C)C(=O)NC(C)(C)C(=O)NC(C)(C)C(=O)N[C@@H](CCC(N)=O)C(=O)NC(C)(C)C(=O)N[C@H](C(=O)NC(C)(C)C(=O)NCC(=O)N[C@@H](CC(C)C)C(=O)NC(C)(C)C(=O)N1CCC[C@H]1C(=O)N[C@H](C(=O)NC(C)(C)C(=O)NC(C)(C)C(=O)N[C@@H](CCC(=O)O)C(=O)N[C@@H](CCC(N)=O)C(=O)N[C@H](CO)Cc1ccccc1)C(C)C)C(C)C. The number of rotatable bonds is 53. The molecule has 784 valence electrons. The Hall–Kier alpha value is -13.0. The monoisotopic (exact) mass is 1980 g/mol. The van der Waals surface area contributed by atoms with Crippen LogP contribution in [0.4, 0.5) is 0 Å². The molecule has 47 heteroatoms. The van der Waals surface area contributed by atoms with Crippen molar-refractivity contribution in [2.24, 2.45) is 29.2 Å². The number of carbonyl (C=O) groups excluding carboxylic acids is 22. The Labute approximate surface area is 817 Å². The molecule has 1 aromatic carbocycles. The van der Waals surface area contributed by atoms with Crippen molar-refractivity contribution in [2.45, 2.75) is 367 Å². The zero-order valence-corrected chi connectivity index (χ0v) is 85.5. The summed E-state index contributed by atoms with van der Waals surface area (Å²) in [5, 5.41) is 65.6. The zero-order chi connectivity index (χ0) is 108. The number of aliphatic hydroxyl groups excluding tert-OH is 1. The molecule has 0 aromatic heterocycles. The molecule has 3 rings (SSSR count). The lowest BCUT2D eigenvalue weighted by molar-refractivity contribution is -0.146. The van der Waals surface area contributed by atoms with Crippen molar-refractivity contribution in [3.8, 4) is 0 Å². The first-order valence-electron chi connectivity index (χ1n) is 46.7. The lowest BCUT2D eigenvalue weighted by Crippen LogP contribution is -2.67. The van der Waals surface area contributed by atoms with Crippen LogP contribution in [-0.4, -0.2) is 292 Å². The van der Waals surface area contributed by atoms with Gasteiger partial charge in [-0.1, -0.05) is 71.9 Å². The van der Waals surface area contributed by atoms with E-state index in [4.69, 9.17) is 11.5 Å². The number of benzene rings is 1. The maximum absolute atomic E-state index is 14.6. The molecular formula is C93H152N22O25. The first kappa shape index (κ1) is 121. The van der Waals surface area contributed by atoms with E-state index in [0.29, 0.717) is 12.8 Å². The number of aliphatic hydroxyl groups is 1. The number of nitrogens with two attached hydrogens (primary N) is 2. The van der Waals surface area contributed by atoms with E-state index in [1.165, 1.54) is 148 Å². The molecule has 0 aliphatic carbocycles. The summed E-state index contributed by atoms with van der Waals surface area (Å²) in [6.07, 6.45) is -1.49. The number of likely N-dealkylation sites (tertiary alicyclic amines) is 2. The van der Waals surface area contributed by atoms with Gasteiger partial charge in [0.15, 0.2) is 0 Å². The van der Waals surface area contributed by atoms with Crippen molar-refractivity contribution in [1.82, 2.24) is 106 Å². The lowest BCUT2D eigenvalue weighted by atomic mass is 9.96. The largest absolute Gasteiger partial charge is 0.481 e. The fourth-order valence-electron chi connectivity index (χ4n) is 14.8. The summed E-state index contributed by atoms with van der Waals surface area (Å²) < 4.78 is 0. The van der Waals surface area contributed by atoms with Gasteiger partial charge < -0.3 is 127 Å². The number of hydrogen-bond acceptors (Lipinski definition) is 24. The van der Waals surface area contributed by atoms with Crippen molar-refractivity contribution < 1.29 is 120 Å². The Morgan fingerprint density at radius 3 is 1.19 bits per heavy atom. The summed E-state index contributed by atoms with van der Waals surface area (Å²) in [7, 11) is 0. The van der Waals surface area contributed by atoms with E-state index in [0.717, 1.165) is 5.56 Å². The van der Waals surface area contributed by atoms with Gasteiger partial charge in [-0.05, 0) is 213 Å². The highest BCUT2D eigenvalue weighted by atomic mass is 16.4. The summed E-state index contributed by atoms with van der Waals surface area (Å²) in [5.74, 6) is -21.7. The molecule has 0 saturated carbocycles. The van der Waals surface area contributed by atoms with Crippen LogP contribution in [0.3, 0.4) is 0 Å². The minimum Gasteiger partial charge on any atom is -0.481 e. The van der Waals surface area contributed by atoms with Crippen LogP contribution >= 0.6 is 0 Å². The van der Waals surface area contributed by atoms with E-state index >= 15 is 0 Å². The number of amides is 22. The lowest BCUT2D eigenvalue weighted by Gasteiger charge is -2.36. The van der Waals surface area contributed by atoms with E-state index < -0.39 is 303 Å². The molecule has 1 aromatic rings. The topological polar surface area (TPSA) is 708 Å². The molecule has 140 heavy (non-hydrogen) atoms. The highest BCUT2D eigenvalue weighted by Crippen LogP contribution is 2.27. The van der Waals surface area contributed by atoms with Crippen LogP contribution in [0.25, 0.3) is 0 Å². The number of carbonyl (C=O) groups is 23. The van der Waals surface area contributed by atoms with Gasteiger partial charge in [-0.3, -0.25) is 110 Å². The van der Waals surface area contributed by atoms with Crippen molar-refractivity contribution in [2.75, 3.05) is 26.2 Å². The van der Waals surface area contributed by atoms with Gasteiger partial charge in [0, 0.05) is 39.3 Å². The summed E-state index contributed by atoms with van der Waals surface area (Å²) in [6, 6.07) is -4.41. The Kier molecular flexibility index (Phi) is 43.9. The Morgan fingerprint density at radius 1 is 0.379 bits per heavy atom. The second-order valence-electron chi connectivity index (χ2n) is 41.6. The van der Waals surface area contributed by atoms with Crippen molar-refractivity contribution in [3.63, 3.8) is 0 Å². The minimum absolute atomic E-state index is 0.00278. The van der Waals surface area contributed by atoms with Crippen molar-refractivity contribution >= 4 is 136 Å². The Bertz CT molecular complexity index is 4750. The molecule has 0 bridgehead atoms. The maximum Gasteiger partial charge on any atom is 0.303 e. The quantitative estimate of drug-likeness (QED) is 0.0296. The van der Waals surface area contributed by atoms with E-state index in [1.807, 2.05) is 0 Å². The smallest absolute Gasteiger partial charge is 0.303 e. The summed E-state index contributed by atoms with van der Waals surface area (Å²) in [5.41, 5.74) is -4.42. The third kappa shape index (κ3) is 37.0. The van der Waals surface area contributed by atoms with Crippen molar-refractivity contribution in [1.29, 1.82) is 0 Å². The first-order chi connectivity index (χ1) is 64.1. The van der Waals surface area contributed by atoms with Gasteiger partial charge in [0.05, 0.1) is 19.2 Å². The fraction of sp³-hybridized carbons (Fsp3) is 0.688. The highest BCUT2D eigenvalue weighted by molar-refractivity contribution is 6.05. The number of carboxylic acid groups (broad SMARTS) is 1. The van der Waals surface area contributed by atoms with E-state index in [-0.39, 0.29) is 51.1 Å². The molecule has 0 radical (unpaired) electrons. The van der Waals surface area contributed by atoms with Crippen molar-refractivity contribution in [3.05, 3.63) is 35.9 Å². The highest BCUT2D eigenvalue weighted by Gasteiger charge is 2.49. The first-order valence-corrected chi connectivity index (χ1v) is 46.7. The van der Waals surface area contributed by atoms with Gasteiger partial charge in [-0.15, -0.1) is 0 Å². The molecule has 2 aliphatic heterocycles. The summed E-state index contributed by atoms with van der Waals surface area (Å²) in [4.78, 5) is 316. The van der Waals surface area contributed by atoms with Gasteiger partial charge in [0.1, 0.15) is 104 Å². The molecule has 10 atom stereocenters. The third-order valence-corrected chi connectivity index (χ3v) is 23.4. The van der Waals surface area contributed by atoms with Crippen LogP contribution in [0.15, 0.2) is 30.3 Å². The van der Waals surface area contributed by atoms with Crippen LogP contribution in [-0.2, 0) is 117 Å². The predicted molar refractivity (Wildman–Crippen MR) is 509 cm³/mol. The number of nitrogens with one attached hydrogen (secondary N) is 18. The van der Waals surface area contributed by atoms with E-state index in [1.54, 1.807) is 71.9 Å². The Balaban J connectivity index is 1.66. The molecule has 2 fully saturated rings. The molecule has 2 aliphatic rings. The number of hydrogen-bond donors (Lipinski definition) is 22. The van der Waals surface area contributed by atoms with Gasteiger partial charge >= 0.3 is 5.97 Å². The van der Waals surface area contributed by atoms with Crippen LogP contribution in [0, 0.1) is 17.8 Å². The van der Waals surface area contributed by atoms with Gasteiger partial charge in [-0.2, -0.15) is 0 Å². The molecule has 0 spiro atoms. The van der Waals surface area contributed by atoms with Crippen LogP contribution in [0.5, 0.6) is 0 Å². The molecular weight excluding hydrogens is 1830 g/mol. The van der Waals surface area contributed by atoms with E-state index in [9.17, 15) is 120 Å². The molecule has 2 heterocycles. The fourth-order valence-corrected chi connectivity index (χ4v) is 14.8. The number of carboxylic acids is 1. The minimum atomic E-state index is -1.92. The van der Waals surface area contributed by atoms with Crippen LogP contribution in [0.1, 0.15) is 256 Å². The second kappa shape index (κ2) is 50.7. The Morgan fingerprint density at radius 2 is 0.743 bits per heavy atom. The number of primary amides is 2. The predicted octanol–water partition coefficient (Wildman–Crippen LogP) is -3.96. The molecule has 24 N–H and O–H groups in total. The van der Waals surface area contributed by atoms with Crippen LogP contribution in [0.2, 0.25) is 0 Å². The number of aliphatic carboxylic acids is 1. The van der Waals surface area contributed by atoms with Gasteiger partial charge in [-0.25, -0.2) is 0 Å². The van der Waals surface area contributed by atoms with Gasteiger partial charge in [0.25, 0.3) is 0 Å². The average molecular weight is 1980 g/mol. The second-order valence-corrected chi connectivity index (χ2v) is 41.6. The molecule has 0 unspecified atom stereocenters. The van der Waals surface area contributed by atoms with Gasteiger partial charge in [0.2, 0.25) is 130 Å². The number of nitrogens with zero attached hydrogens (tertiary/aromatic N) is 2. The summed E-state index contributed by atoms with van der Waals surface area (Å²) >= 11 is 0. The standard InChI is InChI=1S/C93H152N22O25/c1-48(2)44-58(71(127)108-93(25,26)84(140)114-42-30-34-59(114)72(128)103-65(49(3)4)74(130)111-91(21,22)82(138)113-88(15,16)78(134)101-56(38-41-64(121)122)69(125)100-55(36-39-61(94)118)68(124)98-54(47-116)45-53-32-28-27-29-33-53)99-63(120)46-96-76(132)85(9,10)110-75(131)66(50(5)6)104-80(136)87(13,14)107-70(126)57(37-40-62(95)119)102-79(135)89(17,18)112-81(137)90(19,20)106-67(123)51(7)97-77(133)86(11,12)109-73(129)60-35-31-43-115(60)83(139)92(23,24)105-52(8)117/h27-29,32-33,48-51,54-60,65-66,116H,30-31,34-47H2,1-26H3,(H2,94,118)(H2,95,119)(H,96,132)(H,97,133)(H,98,124)(H,99,120)(H,100,125)(H,101,134)(H,102,135)(H,103,128)(H,104,136)(H,105,117)(H,106,123)(H,107,126)(H,108,127)(H,109,129)(H,110,131)(H,111,130)(H,112,137)(H,113,138)(H,121,122)/t51-,54-,55-,56-,57-,58-,59-,60-,65-,66-/m0/s1. The van der Waals surface area contributed by atoms with Crippen LogP contribution < -0.4 is 107 Å². The summed E-state index contributed by atoms with van der Waals surface area (Å²) in [6.45, 7) is 35.1. The molecule has 47 nitrogen and oxygen atoms in total. The maximum atomic E-state index is 14.6.